The molecule has 1 aromatic heterocycles. The van der Waals surface area contributed by atoms with E-state index in [1.165, 1.54) is 24.0 Å². The van der Waals surface area contributed by atoms with Gasteiger partial charge in [-0.3, -0.25) is 4.90 Å². The Morgan fingerprint density at radius 3 is 2.20 bits per heavy atom. The average molecular weight is 337 g/mol. The van der Waals surface area contributed by atoms with Crippen molar-refractivity contribution in [1.29, 1.82) is 0 Å². The van der Waals surface area contributed by atoms with Gasteiger partial charge in [0.2, 0.25) is 0 Å². The molecule has 132 valence electrons. The number of nitrogens with zero attached hydrogens (tertiary/aromatic N) is 5. The standard InChI is InChI=1S/C20H27N5/c1-17-5-4-6-18(13-17)15-23-9-11-25(12-10-23)20-14-19(21-16-22-20)24-7-2-3-8-24/h4-6,13-14,16H,2-3,7-12,15H2,1H3. The van der Waals surface area contributed by atoms with Gasteiger partial charge in [-0.1, -0.05) is 29.8 Å². The molecule has 0 bridgehead atoms. The minimum absolute atomic E-state index is 1.03. The summed E-state index contributed by atoms with van der Waals surface area (Å²) in [5, 5.41) is 0. The molecular weight excluding hydrogens is 310 g/mol. The molecule has 1 aromatic carbocycles. The highest BCUT2D eigenvalue weighted by atomic mass is 15.3. The zero-order chi connectivity index (χ0) is 17.1. The van der Waals surface area contributed by atoms with Crippen molar-refractivity contribution < 1.29 is 0 Å². The largest absolute Gasteiger partial charge is 0.356 e. The summed E-state index contributed by atoms with van der Waals surface area (Å²) in [7, 11) is 0. The van der Waals surface area contributed by atoms with Gasteiger partial charge >= 0.3 is 0 Å². The van der Waals surface area contributed by atoms with Crippen LogP contribution in [0.1, 0.15) is 24.0 Å². The van der Waals surface area contributed by atoms with Gasteiger partial charge in [0.15, 0.2) is 0 Å². The smallest absolute Gasteiger partial charge is 0.134 e. The van der Waals surface area contributed by atoms with Gasteiger partial charge in [-0.05, 0) is 25.3 Å². The van der Waals surface area contributed by atoms with E-state index in [-0.39, 0.29) is 0 Å². The van der Waals surface area contributed by atoms with Crippen LogP contribution in [0.2, 0.25) is 0 Å². The lowest BCUT2D eigenvalue weighted by molar-refractivity contribution is 0.249. The molecule has 5 nitrogen and oxygen atoms in total. The molecule has 0 amide bonds. The van der Waals surface area contributed by atoms with Crippen LogP contribution in [0.3, 0.4) is 0 Å². The minimum atomic E-state index is 1.03. The van der Waals surface area contributed by atoms with Crippen LogP contribution in [0.25, 0.3) is 0 Å². The van der Waals surface area contributed by atoms with Crippen molar-refractivity contribution in [3.8, 4) is 0 Å². The Bertz CT molecular complexity index is 703. The van der Waals surface area contributed by atoms with Gasteiger partial charge in [-0.25, -0.2) is 9.97 Å². The summed E-state index contributed by atoms with van der Waals surface area (Å²) >= 11 is 0. The summed E-state index contributed by atoms with van der Waals surface area (Å²) in [5.41, 5.74) is 2.75. The monoisotopic (exact) mass is 337 g/mol. The van der Waals surface area contributed by atoms with Crippen molar-refractivity contribution in [3.05, 3.63) is 47.8 Å². The van der Waals surface area contributed by atoms with Crippen LogP contribution in [0.4, 0.5) is 11.6 Å². The van der Waals surface area contributed by atoms with E-state index in [1.807, 2.05) is 0 Å². The third kappa shape index (κ3) is 3.93. The Labute approximate surface area is 150 Å². The lowest BCUT2D eigenvalue weighted by Gasteiger charge is -2.35. The molecule has 2 aliphatic rings. The van der Waals surface area contributed by atoms with Gasteiger partial charge in [0, 0.05) is 51.9 Å². The molecule has 2 fully saturated rings. The Kier molecular flexibility index (Phi) is 4.83. The fourth-order valence-corrected chi connectivity index (χ4v) is 3.83. The summed E-state index contributed by atoms with van der Waals surface area (Å²) in [6.07, 6.45) is 4.27. The molecule has 0 aliphatic carbocycles. The first kappa shape index (κ1) is 16.3. The van der Waals surface area contributed by atoms with E-state index in [1.54, 1.807) is 6.33 Å². The summed E-state index contributed by atoms with van der Waals surface area (Å²) in [6, 6.07) is 11.0. The molecule has 0 spiro atoms. The Hall–Kier alpha value is -2.14. The van der Waals surface area contributed by atoms with Crippen LogP contribution in [0, 0.1) is 6.92 Å². The second-order valence-corrected chi connectivity index (χ2v) is 7.18. The number of hydrogen-bond donors (Lipinski definition) is 0. The van der Waals surface area contributed by atoms with E-state index >= 15 is 0 Å². The van der Waals surface area contributed by atoms with Gasteiger partial charge in [0.1, 0.15) is 18.0 Å². The molecule has 0 atom stereocenters. The Morgan fingerprint density at radius 2 is 1.52 bits per heavy atom. The molecule has 2 aromatic rings. The second-order valence-electron chi connectivity index (χ2n) is 7.18. The van der Waals surface area contributed by atoms with Crippen molar-refractivity contribution in [1.82, 2.24) is 14.9 Å². The predicted molar refractivity (Wildman–Crippen MR) is 102 cm³/mol. The summed E-state index contributed by atoms with van der Waals surface area (Å²) in [6.45, 7) is 9.67. The highest BCUT2D eigenvalue weighted by Gasteiger charge is 2.20. The Balaban J connectivity index is 1.36. The lowest BCUT2D eigenvalue weighted by Crippen LogP contribution is -2.46. The van der Waals surface area contributed by atoms with Crippen LogP contribution < -0.4 is 9.80 Å². The van der Waals surface area contributed by atoms with E-state index in [9.17, 15) is 0 Å². The summed E-state index contributed by atoms with van der Waals surface area (Å²) in [4.78, 5) is 16.3. The van der Waals surface area contributed by atoms with Gasteiger partial charge < -0.3 is 9.80 Å². The van der Waals surface area contributed by atoms with Crippen LogP contribution in [-0.2, 0) is 6.54 Å². The first-order chi connectivity index (χ1) is 12.3. The molecule has 0 radical (unpaired) electrons. The van der Waals surface area contributed by atoms with E-state index in [2.05, 4.69) is 61.9 Å². The van der Waals surface area contributed by atoms with Crippen LogP contribution in [0.5, 0.6) is 0 Å². The number of piperazine rings is 1. The van der Waals surface area contributed by atoms with Gasteiger partial charge in [0.25, 0.3) is 0 Å². The molecule has 5 heteroatoms. The highest BCUT2D eigenvalue weighted by molar-refractivity contribution is 5.50. The lowest BCUT2D eigenvalue weighted by atomic mass is 10.1. The maximum Gasteiger partial charge on any atom is 0.134 e. The molecule has 2 saturated heterocycles. The molecule has 25 heavy (non-hydrogen) atoms. The first-order valence-electron chi connectivity index (χ1n) is 9.38. The van der Waals surface area contributed by atoms with E-state index in [4.69, 9.17) is 0 Å². The minimum Gasteiger partial charge on any atom is -0.356 e. The topological polar surface area (TPSA) is 35.5 Å². The van der Waals surface area contributed by atoms with Gasteiger partial charge in [0.05, 0.1) is 0 Å². The third-order valence-electron chi connectivity index (χ3n) is 5.25. The summed E-state index contributed by atoms with van der Waals surface area (Å²) < 4.78 is 0. The zero-order valence-electron chi connectivity index (χ0n) is 15.1. The number of aryl methyl sites for hydroxylation is 1. The van der Waals surface area contributed by atoms with Crippen LogP contribution in [0.15, 0.2) is 36.7 Å². The maximum absolute atomic E-state index is 4.52. The van der Waals surface area contributed by atoms with Crippen molar-refractivity contribution in [3.63, 3.8) is 0 Å². The highest BCUT2D eigenvalue weighted by Crippen LogP contribution is 2.22. The summed E-state index contributed by atoms with van der Waals surface area (Å²) in [5.74, 6) is 2.16. The maximum atomic E-state index is 4.52. The van der Waals surface area contributed by atoms with E-state index in [0.717, 1.165) is 57.4 Å². The van der Waals surface area contributed by atoms with Crippen molar-refractivity contribution in [2.24, 2.45) is 0 Å². The fraction of sp³-hybridized carbons (Fsp3) is 0.500. The third-order valence-corrected chi connectivity index (χ3v) is 5.25. The van der Waals surface area contributed by atoms with Crippen molar-refractivity contribution in [2.75, 3.05) is 49.1 Å². The number of aromatic nitrogens is 2. The first-order valence-corrected chi connectivity index (χ1v) is 9.38. The molecule has 0 saturated carbocycles. The molecule has 2 aliphatic heterocycles. The molecule has 4 rings (SSSR count). The van der Waals surface area contributed by atoms with Gasteiger partial charge in [-0.15, -0.1) is 0 Å². The number of rotatable bonds is 4. The number of hydrogen-bond acceptors (Lipinski definition) is 5. The van der Waals surface area contributed by atoms with E-state index in [0.29, 0.717) is 0 Å². The average Bonchev–Trinajstić information content (AvgIpc) is 3.17. The second kappa shape index (κ2) is 7.40. The van der Waals surface area contributed by atoms with E-state index < -0.39 is 0 Å². The predicted octanol–water partition coefficient (Wildman–Crippen LogP) is 2.71. The van der Waals surface area contributed by atoms with Gasteiger partial charge in [-0.2, -0.15) is 0 Å². The molecule has 0 N–H and O–H groups in total. The molecular formula is C20H27N5. The number of anilines is 2. The number of benzene rings is 1. The zero-order valence-corrected chi connectivity index (χ0v) is 15.1. The normalized spacial score (nSPS) is 18.8. The van der Waals surface area contributed by atoms with Crippen molar-refractivity contribution in [2.45, 2.75) is 26.3 Å². The van der Waals surface area contributed by atoms with Crippen molar-refractivity contribution >= 4 is 11.6 Å². The quantitative estimate of drug-likeness (QED) is 0.857. The molecule has 3 heterocycles. The SMILES string of the molecule is Cc1cccc(CN2CCN(c3cc(N4CCCC4)ncn3)CC2)c1. The molecule has 0 unspecified atom stereocenters. The van der Waals surface area contributed by atoms with Crippen LogP contribution in [-0.4, -0.2) is 54.1 Å². The van der Waals surface area contributed by atoms with Crippen LogP contribution >= 0.6 is 0 Å². The Morgan fingerprint density at radius 1 is 0.840 bits per heavy atom. The fourth-order valence-electron chi connectivity index (χ4n) is 3.83.